The molecule has 1 saturated heterocycles. The van der Waals surface area contributed by atoms with Crippen LogP contribution in [-0.2, 0) is 16.2 Å². The van der Waals surface area contributed by atoms with Gasteiger partial charge in [-0.3, -0.25) is 9.69 Å². The van der Waals surface area contributed by atoms with Crippen LogP contribution in [0.25, 0.3) is 0 Å². The molecule has 5 nitrogen and oxygen atoms in total. The van der Waals surface area contributed by atoms with Gasteiger partial charge < -0.3 is 10.2 Å². The molecular weight excluding hydrogens is 454 g/mol. The molecule has 2 aliphatic heterocycles. The molecule has 3 aromatic rings. The minimum atomic E-state index is -1.05. The van der Waals surface area contributed by atoms with Gasteiger partial charge in [0.1, 0.15) is 0 Å². The number of fused-ring (bicyclic) bond motifs is 2. The number of urea groups is 1. The van der Waals surface area contributed by atoms with Gasteiger partial charge in [-0.2, -0.15) is 0 Å². The molecule has 1 atom stereocenters. The first-order valence-corrected chi connectivity index (χ1v) is 13.1. The second-order valence-electron chi connectivity index (χ2n) is 9.75. The van der Waals surface area contributed by atoms with Crippen LogP contribution in [0, 0.1) is 13.8 Å². The highest BCUT2D eigenvalue weighted by molar-refractivity contribution is 8.01. The number of hydrogen-bond donors (Lipinski definition) is 1. The van der Waals surface area contributed by atoms with Crippen LogP contribution in [0.3, 0.4) is 0 Å². The van der Waals surface area contributed by atoms with Crippen LogP contribution in [0.1, 0.15) is 47.6 Å². The maximum atomic E-state index is 14.1. The van der Waals surface area contributed by atoms with Crippen LogP contribution in [-0.4, -0.2) is 29.1 Å². The summed E-state index contributed by atoms with van der Waals surface area (Å²) in [7, 11) is 0. The number of thioether (sulfide) groups is 1. The number of carbonyl (C=O) groups excluding carboxylic acids is 2. The number of nitrogens with one attached hydrogen (secondary N) is 1. The molecule has 0 radical (unpaired) electrons. The lowest BCUT2D eigenvalue weighted by molar-refractivity contribution is -0.123. The van der Waals surface area contributed by atoms with E-state index in [0.29, 0.717) is 24.8 Å². The Kier molecular flexibility index (Phi) is 6.09. The summed E-state index contributed by atoms with van der Waals surface area (Å²) >= 11 is 1.56. The number of amides is 3. The second-order valence-corrected chi connectivity index (χ2v) is 11.0. The number of carbonyl (C=O) groups is 2. The zero-order valence-corrected chi connectivity index (χ0v) is 21.5. The first kappa shape index (κ1) is 23.5. The molecule has 2 heterocycles. The molecule has 0 unspecified atom stereocenters. The molecule has 1 fully saturated rings. The number of nitrogens with zero attached hydrogens (tertiary/aromatic N) is 2. The Hall–Kier alpha value is -3.25. The third kappa shape index (κ3) is 4.10. The van der Waals surface area contributed by atoms with Gasteiger partial charge in [0.05, 0.1) is 12.2 Å². The Bertz CT molecular complexity index is 1270. The predicted molar refractivity (Wildman–Crippen MR) is 144 cm³/mol. The summed E-state index contributed by atoms with van der Waals surface area (Å²) in [6.07, 6.45) is 0. The molecule has 6 heteroatoms. The summed E-state index contributed by atoms with van der Waals surface area (Å²) in [5.74, 6) is 1.08. The lowest BCUT2D eigenvalue weighted by Gasteiger charge is -2.33. The van der Waals surface area contributed by atoms with Crippen LogP contribution in [0.4, 0.5) is 16.2 Å². The zero-order chi connectivity index (χ0) is 24.7. The lowest BCUT2D eigenvalue weighted by Crippen LogP contribution is -2.51. The fourth-order valence-corrected chi connectivity index (χ4v) is 6.36. The van der Waals surface area contributed by atoms with E-state index in [1.165, 1.54) is 11.1 Å². The van der Waals surface area contributed by atoms with Gasteiger partial charge >= 0.3 is 6.03 Å². The molecule has 0 saturated carbocycles. The van der Waals surface area contributed by atoms with Crippen molar-refractivity contribution in [2.45, 2.75) is 45.0 Å². The van der Waals surface area contributed by atoms with Crippen LogP contribution in [0.2, 0.25) is 0 Å². The van der Waals surface area contributed by atoms with Crippen molar-refractivity contribution in [1.29, 1.82) is 0 Å². The number of aryl methyl sites for hydroxylation is 2. The van der Waals surface area contributed by atoms with Gasteiger partial charge in [0.15, 0.2) is 4.87 Å². The van der Waals surface area contributed by atoms with E-state index in [4.69, 9.17) is 0 Å². The molecule has 1 spiro atoms. The Labute approximate surface area is 211 Å². The summed E-state index contributed by atoms with van der Waals surface area (Å²) in [4.78, 5) is 30.2. The average Bonchev–Trinajstić information content (AvgIpc) is 3.38. The Morgan fingerprint density at radius 2 is 1.69 bits per heavy atom. The van der Waals surface area contributed by atoms with Crippen LogP contribution < -0.4 is 10.2 Å². The smallest absolute Gasteiger partial charge is 0.308 e. The van der Waals surface area contributed by atoms with Crippen molar-refractivity contribution in [2.75, 3.05) is 22.5 Å². The van der Waals surface area contributed by atoms with Gasteiger partial charge in [-0.05, 0) is 49.1 Å². The summed E-state index contributed by atoms with van der Waals surface area (Å²) in [6.45, 7) is 9.36. The quantitative estimate of drug-likeness (QED) is 0.465. The maximum absolute atomic E-state index is 14.1. The highest BCUT2D eigenvalue weighted by Gasteiger charge is 2.59. The van der Waals surface area contributed by atoms with Crippen molar-refractivity contribution in [3.05, 3.63) is 94.5 Å². The standard InChI is InChI=1S/C29H31N3O2S/c1-19(2)23-10-12-24(13-11-23)30-28(34)32-15-16-35-29(32)25-17-21(4)7-14-26(25)31(27(29)33)18-22-8-5-20(3)6-9-22/h5-14,17,19H,15-16,18H2,1-4H3,(H,30,34)/t29-/m0/s1. The van der Waals surface area contributed by atoms with E-state index in [-0.39, 0.29) is 11.9 Å². The van der Waals surface area contributed by atoms with Gasteiger partial charge in [-0.1, -0.05) is 73.5 Å². The summed E-state index contributed by atoms with van der Waals surface area (Å²) in [5.41, 5.74) is 7.07. The first-order chi connectivity index (χ1) is 16.8. The fourth-order valence-electron chi connectivity index (χ4n) is 4.90. The number of benzene rings is 3. The molecule has 3 amide bonds. The van der Waals surface area contributed by atoms with E-state index in [0.717, 1.165) is 28.1 Å². The largest absolute Gasteiger partial charge is 0.323 e. The zero-order valence-electron chi connectivity index (χ0n) is 20.7. The third-order valence-corrected chi connectivity index (χ3v) is 8.30. The van der Waals surface area contributed by atoms with Crippen molar-refractivity contribution in [1.82, 2.24) is 4.90 Å². The van der Waals surface area contributed by atoms with Gasteiger partial charge in [0.25, 0.3) is 5.91 Å². The topological polar surface area (TPSA) is 52.7 Å². The van der Waals surface area contributed by atoms with Crippen LogP contribution >= 0.6 is 11.8 Å². The third-order valence-electron chi connectivity index (χ3n) is 6.88. The molecule has 35 heavy (non-hydrogen) atoms. The van der Waals surface area contributed by atoms with E-state index in [2.05, 4.69) is 56.4 Å². The molecule has 3 aromatic carbocycles. The highest BCUT2D eigenvalue weighted by atomic mass is 32.2. The van der Waals surface area contributed by atoms with E-state index in [1.54, 1.807) is 16.7 Å². The fraction of sp³-hybridized carbons (Fsp3) is 0.310. The predicted octanol–water partition coefficient (Wildman–Crippen LogP) is 6.41. The number of rotatable bonds is 4. The molecule has 2 aliphatic rings. The average molecular weight is 486 g/mol. The summed E-state index contributed by atoms with van der Waals surface area (Å²) < 4.78 is 0. The van der Waals surface area contributed by atoms with Gasteiger partial charge in [0, 0.05) is 23.5 Å². The van der Waals surface area contributed by atoms with E-state index < -0.39 is 4.87 Å². The van der Waals surface area contributed by atoms with Crippen molar-refractivity contribution in [3.63, 3.8) is 0 Å². The highest BCUT2D eigenvalue weighted by Crippen LogP contribution is 2.54. The molecule has 1 N–H and O–H groups in total. The summed E-state index contributed by atoms with van der Waals surface area (Å²) in [6, 6.07) is 22.1. The second kappa shape index (κ2) is 9.08. The molecule has 0 aromatic heterocycles. The Morgan fingerprint density at radius 3 is 2.37 bits per heavy atom. The monoisotopic (exact) mass is 485 g/mol. The lowest BCUT2D eigenvalue weighted by atomic mass is 10.0. The van der Waals surface area contributed by atoms with Gasteiger partial charge in [-0.15, -0.1) is 11.8 Å². The van der Waals surface area contributed by atoms with Gasteiger partial charge in [0.2, 0.25) is 0 Å². The van der Waals surface area contributed by atoms with Crippen molar-refractivity contribution in [2.24, 2.45) is 0 Å². The van der Waals surface area contributed by atoms with E-state index >= 15 is 0 Å². The first-order valence-electron chi connectivity index (χ1n) is 12.1. The maximum Gasteiger partial charge on any atom is 0.323 e. The van der Waals surface area contributed by atoms with Crippen LogP contribution in [0.5, 0.6) is 0 Å². The minimum Gasteiger partial charge on any atom is -0.308 e. The van der Waals surface area contributed by atoms with E-state index in [1.807, 2.05) is 48.2 Å². The Balaban J connectivity index is 1.48. The van der Waals surface area contributed by atoms with Crippen molar-refractivity contribution >= 4 is 35.1 Å². The molecular formula is C29H31N3O2S. The number of hydrogen-bond acceptors (Lipinski definition) is 3. The van der Waals surface area contributed by atoms with Crippen LogP contribution in [0.15, 0.2) is 66.7 Å². The molecule has 5 rings (SSSR count). The summed E-state index contributed by atoms with van der Waals surface area (Å²) in [5, 5.41) is 3.04. The molecule has 0 aliphatic carbocycles. The minimum absolute atomic E-state index is 0.0496. The molecule has 180 valence electrons. The SMILES string of the molecule is Cc1ccc(CN2C(=O)[C@@]3(SCCN3C(=O)Nc3ccc(C(C)C)cc3)c3cc(C)ccc32)cc1. The van der Waals surface area contributed by atoms with Crippen molar-refractivity contribution < 1.29 is 9.59 Å². The molecule has 0 bridgehead atoms. The normalized spacial score (nSPS) is 19.1. The van der Waals surface area contributed by atoms with E-state index in [9.17, 15) is 9.59 Å². The number of anilines is 2. The van der Waals surface area contributed by atoms with Crippen molar-refractivity contribution in [3.8, 4) is 0 Å². The van der Waals surface area contributed by atoms with Gasteiger partial charge in [-0.25, -0.2) is 4.79 Å². The Morgan fingerprint density at radius 1 is 1.00 bits per heavy atom.